The number of carbonyl (C=O) groups excluding carboxylic acids is 2. The maximum atomic E-state index is 13.7. The quantitative estimate of drug-likeness (QED) is 0.389. The zero-order valence-electron chi connectivity index (χ0n) is 22.8. The molecule has 0 aliphatic carbocycles. The lowest BCUT2D eigenvalue weighted by molar-refractivity contribution is -0.136. The van der Waals surface area contributed by atoms with E-state index in [1.165, 1.54) is 0 Å². The van der Waals surface area contributed by atoms with Crippen molar-refractivity contribution in [2.24, 2.45) is 10.9 Å². The Labute approximate surface area is 234 Å². The third-order valence-electron chi connectivity index (χ3n) is 7.86. The molecule has 0 radical (unpaired) electrons. The van der Waals surface area contributed by atoms with E-state index in [4.69, 9.17) is 4.98 Å². The number of carbonyl (C=O) groups is 2. The topological polar surface area (TPSA) is 82.8 Å². The first-order valence-electron chi connectivity index (χ1n) is 14.0. The molecule has 2 aliphatic heterocycles. The summed E-state index contributed by atoms with van der Waals surface area (Å²) >= 11 is 0. The molecule has 40 heavy (non-hydrogen) atoms. The minimum Gasteiger partial charge on any atom is -0.368 e. The number of amidine groups is 1. The van der Waals surface area contributed by atoms with E-state index in [-0.39, 0.29) is 17.7 Å². The summed E-state index contributed by atoms with van der Waals surface area (Å²) in [6.07, 6.45) is 1.30. The molecule has 0 atom stereocenters. The van der Waals surface area contributed by atoms with Crippen molar-refractivity contribution in [1.29, 1.82) is 0 Å². The number of nitrogens with one attached hydrogen (secondary N) is 1. The number of hydrogen-bond acceptors (Lipinski definition) is 5. The SMILES string of the molecule is CN(Cc1ccc(C2=NCCN2)cc1)C(=O)C1CCN(C(=O)c2nc3ccccc3n2Cc2ccccc2)CC1. The summed E-state index contributed by atoms with van der Waals surface area (Å²) in [6, 6.07) is 26.2. The fourth-order valence-corrected chi connectivity index (χ4v) is 5.66. The molecule has 4 aromatic rings. The number of amides is 2. The number of nitrogens with zero attached hydrogens (tertiary/aromatic N) is 5. The van der Waals surface area contributed by atoms with Crippen LogP contribution >= 0.6 is 0 Å². The lowest BCUT2D eigenvalue weighted by atomic mass is 9.95. The minimum atomic E-state index is -0.0893. The van der Waals surface area contributed by atoms with E-state index in [0.29, 0.717) is 44.8 Å². The predicted octanol–water partition coefficient (Wildman–Crippen LogP) is 3.95. The van der Waals surface area contributed by atoms with Crippen molar-refractivity contribution in [1.82, 2.24) is 24.7 Å². The summed E-state index contributed by atoms with van der Waals surface area (Å²) < 4.78 is 2.01. The molecule has 1 fully saturated rings. The molecule has 3 aromatic carbocycles. The molecule has 1 aromatic heterocycles. The number of piperidine rings is 1. The Balaban J connectivity index is 1.09. The number of imidazole rings is 1. The number of aliphatic imine (C=N–C) groups is 1. The van der Waals surface area contributed by atoms with Crippen LogP contribution in [-0.2, 0) is 17.9 Å². The first-order chi connectivity index (χ1) is 19.6. The first-order valence-corrected chi connectivity index (χ1v) is 14.0. The van der Waals surface area contributed by atoms with Gasteiger partial charge in [0.25, 0.3) is 5.91 Å². The normalized spacial score (nSPS) is 15.6. The number of likely N-dealkylation sites (tertiary alicyclic amines) is 1. The minimum absolute atomic E-state index is 0.0761. The first kappa shape index (κ1) is 25.8. The maximum Gasteiger partial charge on any atom is 0.289 e. The number of rotatable bonds is 7. The second-order valence-electron chi connectivity index (χ2n) is 10.6. The van der Waals surface area contributed by atoms with Crippen molar-refractivity contribution >= 4 is 28.7 Å². The molecule has 0 unspecified atom stereocenters. The molecule has 8 heteroatoms. The van der Waals surface area contributed by atoms with Gasteiger partial charge in [0.15, 0.2) is 0 Å². The van der Waals surface area contributed by atoms with Crippen LogP contribution in [0.3, 0.4) is 0 Å². The van der Waals surface area contributed by atoms with E-state index in [9.17, 15) is 9.59 Å². The average Bonchev–Trinajstić information content (AvgIpc) is 3.67. The van der Waals surface area contributed by atoms with Crippen molar-refractivity contribution in [2.75, 3.05) is 33.2 Å². The van der Waals surface area contributed by atoms with Gasteiger partial charge in [-0.25, -0.2) is 4.98 Å². The standard InChI is InChI=1S/C32H34N6O2/c1-36(21-24-11-13-25(14-12-24)29-33-17-18-34-29)31(39)26-15-19-37(20-16-26)32(40)30-35-27-9-5-6-10-28(27)38(30)22-23-7-3-2-4-8-23/h2-14,26H,15-22H2,1H3,(H,33,34). The number of para-hydroxylation sites is 2. The van der Waals surface area contributed by atoms with Crippen LogP contribution in [0.2, 0.25) is 0 Å². The van der Waals surface area contributed by atoms with Crippen LogP contribution in [0.4, 0.5) is 0 Å². The third-order valence-corrected chi connectivity index (χ3v) is 7.86. The molecule has 2 aliphatic rings. The van der Waals surface area contributed by atoms with Gasteiger partial charge >= 0.3 is 0 Å². The highest BCUT2D eigenvalue weighted by molar-refractivity contribution is 5.99. The lowest BCUT2D eigenvalue weighted by Gasteiger charge is -2.33. The van der Waals surface area contributed by atoms with Gasteiger partial charge in [0.05, 0.1) is 17.6 Å². The van der Waals surface area contributed by atoms with Crippen LogP contribution in [0.5, 0.6) is 0 Å². The lowest BCUT2D eigenvalue weighted by Crippen LogP contribution is -2.44. The summed E-state index contributed by atoms with van der Waals surface area (Å²) in [7, 11) is 1.86. The summed E-state index contributed by atoms with van der Waals surface area (Å²) in [4.78, 5) is 39.8. The molecule has 2 amide bonds. The molecular formula is C32H34N6O2. The number of hydrogen-bond donors (Lipinski definition) is 1. The van der Waals surface area contributed by atoms with Crippen LogP contribution < -0.4 is 5.32 Å². The van der Waals surface area contributed by atoms with Crippen LogP contribution in [0.15, 0.2) is 83.9 Å². The molecule has 0 saturated carbocycles. The van der Waals surface area contributed by atoms with Crippen LogP contribution in [0.25, 0.3) is 11.0 Å². The molecule has 8 nitrogen and oxygen atoms in total. The van der Waals surface area contributed by atoms with E-state index >= 15 is 0 Å². The smallest absolute Gasteiger partial charge is 0.289 e. The molecule has 204 valence electrons. The summed E-state index contributed by atoms with van der Waals surface area (Å²) in [5.74, 6) is 1.36. The van der Waals surface area contributed by atoms with Gasteiger partial charge < -0.3 is 19.7 Å². The van der Waals surface area contributed by atoms with Gasteiger partial charge in [0.1, 0.15) is 5.84 Å². The van der Waals surface area contributed by atoms with Gasteiger partial charge in [0, 0.05) is 51.3 Å². The van der Waals surface area contributed by atoms with E-state index in [1.54, 1.807) is 0 Å². The van der Waals surface area contributed by atoms with E-state index in [2.05, 4.69) is 46.7 Å². The summed E-state index contributed by atoms with van der Waals surface area (Å²) in [6.45, 7) is 3.91. The molecule has 1 N–H and O–H groups in total. The van der Waals surface area contributed by atoms with E-state index in [1.807, 2.05) is 63.9 Å². The van der Waals surface area contributed by atoms with Gasteiger partial charge in [-0.3, -0.25) is 14.6 Å². The van der Waals surface area contributed by atoms with Gasteiger partial charge in [-0.15, -0.1) is 0 Å². The number of aromatic nitrogens is 2. The highest BCUT2D eigenvalue weighted by atomic mass is 16.2. The maximum absolute atomic E-state index is 13.7. The van der Waals surface area contributed by atoms with Crippen LogP contribution in [-0.4, -0.2) is 70.2 Å². The van der Waals surface area contributed by atoms with Crippen molar-refractivity contribution < 1.29 is 9.59 Å². The van der Waals surface area contributed by atoms with E-state index in [0.717, 1.165) is 46.6 Å². The predicted molar refractivity (Wildman–Crippen MR) is 156 cm³/mol. The van der Waals surface area contributed by atoms with Crippen molar-refractivity contribution in [3.8, 4) is 0 Å². The largest absolute Gasteiger partial charge is 0.368 e. The van der Waals surface area contributed by atoms with Gasteiger partial charge in [-0.1, -0.05) is 66.7 Å². The van der Waals surface area contributed by atoms with Crippen molar-refractivity contribution in [3.63, 3.8) is 0 Å². The van der Waals surface area contributed by atoms with Crippen molar-refractivity contribution in [2.45, 2.75) is 25.9 Å². The summed E-state index contributed by atoms with van der Waals surface area (Å²) in [5, 5.41) is 3.29. The monoisotopic (exact) mass is 534 g/mol. The molecule has 0 spiro atoms. The van der Waals surface area contributed by atoms with Crippen LogP contribution in [0, 0.1) is 5.92 Å². The number of fused-ring (bicyclic) bond motifs is 1. The second-order valence-corrected chi connectivity index (χ2v) is 10.6. The molecular weight excluding hydrogens is 500 g/mol. The molecule has 0 bridgehead atoms. The average molecular weight is 535 g/mol. The van der Waals surface area contributed by atoms with Gasteiger partial charge in [-0.05, 0) is 36.1 Å². The highest BCUT2D eigenvalue weighted by Crippen LogP contribution is 2.24. The zero-order chi connectivity index (χ0) is 27.5. The Hall–Kier alpha value is -4.46. The fourth-order valence-electron chi connectivity index (χ4n) is 5.66. The Bertz CT molecular complexity index is 1530. The third kappa shape index (κ3) is 5.34. The Morgan fingerprint density at radius 3 is 2.38 bits per heavy atom. The van der Waals surface area contributed by atoms with Gasteiger partial charge in [-0.2, -0.15) is 0 Å². The zero-order valence-corrected chi connectivity index (χ0v) is 22.8. The number of benzene rings is 3. The molecule has 3 heterocycles. The Morgan fingerprint density at radius 2 is 1.65 bits per heavy atom. The molecule has 6 rings (SSSR count). The van der Waals surface area contributed by atoms with Crippen LogP contribution in [0.1, 0.15) is 40.2 Å². The molecule has 1 saturated heterocycles. The van der Waals surface area contributed by atoms with Crippen molar-refractivity contribution in [3.05, 3.63) is 101 Å². The highest BCUT2D eigenvalue weighted by Gasteiger charge is 2.31. The Morgan fingerprint density at radius 1 is 0.925 bits per heavy atom. The fraction of sp³-hybridized carbons (Fsp3) is 0.312. The van der Waals surface area contributed by atoms with Gasteiger partial charge in [0.2, 0.25) is 11.7 Å². The Kier molecular flexibility index (Phi) is 7.31. The second kappa shape index (κ2) is 11.3. The van der Waals surface area contributed by atoms with E-state index < -0.39 is 0 Å². The summed E-state index contributed by atoms with van der Waals surface area (Å²) in [5.41, 5.74) is 5.04.